The molecule has 1 aromatic carbocycles. The number of amides is 1. The lowest BCUT2D eigenvalue weighted by Gasteiger charge is -2.32. The van der Waals surface area contributed by atoms with Crippen LogP contribution in [0.5, 0.6) is 0 Å². The first-order valence-corrected chi connectivity index (χ1v) is 9.24. The average Bonchev–Trinajstić information content (AvgIpc) is 3.07. The van der Waals surface area contributed by atoms with Gasteiger partial charge in [-0.15, -0.1) is 0 Å². The van der Waals surface area contributed by atoms with Gasteiger partial charge in [-0.3, -0.25) is 9.69 Å². The zero-order valence-electron chi connectivity index (χ0n) is 14.6. The standard InChI is InChI=1S/C20H23FN4O/c21-15-7-1-2-8-16(15)23-19-14(6-5-11-22-19)20(26)24-17-10-13-25-12-4-3-9-18(17)25/h1-2,5-8,11,17-18H,3-4,9-10,12-13H2,(H,22,23)(H,24,26)/t17-,18-/m0/s1. The number of rotatable bonds is 4. The number of aromatic nitrogens is 1. The summed E-state index contributed by atoms with van der Waals surface area (Å²) < 4.78 is 13.9. The Balaban J connectivity index is 1.51. The molecule has 0 aliphatic carbocycles. The number of fused-ring (bicyclic) bond motifs is 1. The van der Waals surface area contributed by atoms with E-state index in [1.54, 1.807) is 36.5 Å². The molecule has 4 rings (SSSR count). The molecule has 2 atom stereocenters. The van der Waals surface area contributed by atoms with Crippen LogP contribution in [0.4, 0.5) is 15.9 Å². The van der Waals surface area contributed by atoms with E-state index in [0.29, 0.717) is 23.1 Å². The number of carbonyl (C=O) groups excluding carboxylic acids is 1. The second-order valence-corrected chi connectivity index (χ2v) is 6.97. The summed E-state index contributed by atoms with van der Waals surface area (Å²) in [5, 5.41) is 6.13. The summed E-state index contributed by atoms with van der Waals surface area (Å²) in [6.45, 7) is 2.17. The number of anilines is 2. The van der Waals surface area contributed by atoms with Crippen LogP contribution in [0.25, 0.3) is 0 Å². The van der Waals surface area contributed by atoms with Gasteiger partial charge in [-0.05, 0) is 50.1 Å². The zero-order chi connectivity index (χ0) is 17.9. The van der Waals surface area contributed by atoms with Gasteiger partial charge < -0.3 is 10.6 Å². The highest BCUT2D eigenvalue weighted by atomic mass is 19.1. The quantitative estimate of drug-likeness (QED) is 0.884. The van der Waals surface area contributed by atoms with Crippen LogP contribution in [-0.2, 0) is 0 Å². The van der Waals surface area contributed by atoms with E-state index >= 15 is 0 Å². The van der Waals surface area contributed by atoms with E-state index < -0.39 is 0 Å². The molecule has 0 bridgehead atoms. The van der Waals surface area contributed by atoms with Crippen LogP contribution in [0.15, 0.2) is 42.6 Å². The Morgan fingerprint density at radius 2 is 2.00 bits per heavy atom. The van der Waals surface area contributed by atoms with Crippen molar-refractivity contribution in [2.24, 2.45) is 0 Å². The van der Waals surface area contributed by atoms with Crippen molar-refractivity contribution in [2.45, 2.75) is 37.8 Å². The first-order valence-electron chi connectivity index (χ1n) is 9.24. The molecule has 3 heterocycles. The third-order valence-corrected chi connectivity index (χ3v) is 5.35. The molecule has 2 saturated heterocycles. The molecule has 136 valence electrons. The summed E-state index contributed by atoms with van der Waals surface area (Å²) in [5.74, 6) is -0.166. The van der Waals surface area contributed by atoms with Gasteiger partial charge in [0.1, 0.15) is 11.6 Å². The van der Waals surface area contributed by atoms with Gasteiger partial charge in [0.25, 0.3) is 5.91 Å². The van der Waals surface area contributed by atoms with E-state index in [9.17, 15) is 9.18 Å². The minimum Gasteiger partial charge on any atom is -0.348 e. The van der Waals surface area contributed by atoms with Crippen molar-refractivity contribution in [3.63, 3.8) is 0 Å². The van der Waals surface area contributed by atoms with Crippen molar-refractivity contribution in [2.75, 3.05) is 18.4 Å². The second kappa shape index (κ2) is 7.41. The molecule has 5 nitrogen and oxygen atoms in total. The van der Waals surface area contributed by atoms with E-state index in [-0.39, 0.29) is 17.8 Å². The van der Waals surface area contributed by atoms with Crippen LogP contribution >= 0.6 is 0 Å². The average molecular weight is 354 g/mol. The molecule has 0 saturated carbocycles. The number of halogens is 1. The number of para-hydroxylation sites is 1. The third kappa shape index (κ3) is 3.42. The first-order chi connectivity index (χ1) is 12.7. The number of nitrogens with one attached hydrogen (secondary N) is 2. The number of hydrogen-bond acceptors (Lipinski definition) is 4. The van der Waals surface area contributed by atoms with Crippen molar-refractivity contribution < 1.29 is 9.18 Å². The fraction of sp³-hybridized carbons (Fsp3) is 0.400. The van der Waals surface area contributed by atoms with Gasteiger partial charge in [0.05, 0.1) is 11.3 Å². The van der Waals surface area contributed by atoms with Crippen molar-refractivity contribution >= 4 is 17.4 Å². The van der Waals surface area contributed by atoms with E-state index in [2.05, 4.69) is 20.5 Å². The Hall–Kier alpha value is -2.47. The van der Waals surface area contributed by atoms with E-state index in [1.807, 2.05) is 0 Å². The Labute approximate surface area is 152 Å². The molecule has 26 heavy (non-hydrogen) atoms. The number of piperidine rings is 1. The van der Waals surface area contributed by atoms with Crippen molar-refractivity contribution in [3.8, 4) is 0 Å². The minimum atomic E-state index is -0.377. The highest BCUT2D eigenvalue weighted by Crippen LogP contribution is 2.28. The summed E-state index contributed by atoms with van der Waals surface area (Å²) in [5.41, 5.74) is 0.740. The van der Waals surface area contributed by atoms with Gasteiger partial charge in [0, 0.05) is 24.8 Å². The van der Waals surface area contributed by atoms with Gasteiger partial charge in [0.2, 0.25) is 0 Å². The summed E-state index contributed by atoms with van der Waals surface area (Å²) in [6, 6.07) is 10.4. The lowest BCUT2D eigenvalue weighted by Crippen LogP contribution is -2.46. The van der Waals surface area contributed by atoms with Crippen molar-refractivity contribution in [1.29, 1.82) is 0 Å². The number of hydrogen-bond donors (Lipinski definition) is 2. The van der Waals surface area contributed by atoms with E-state index in [4.69, 9.17) is 0 Å². The molecule has 0 unspecified atom stereocenters. The van der Waals surface area contributed by atoms with E-state index in [1.165, 1.54) is 18.9 Å². The molecule has 2 aliphatic heterocycles. The molecule has 0 spiro atoms. The highest BCUT2D eigenvalue weighted by molar-refractivity contribution is 5.99. The smallest absolute Gasteiger partial charge is 0.255 e. The molecule has 2 N–H and O–H groups in total. The highest BCUT2D eigenvalue weighted by Gasteiger charge is 2.36. The molecule has 2 aliphatic rings. The largest absolute Gasteiger partial charge is 0.348 e. The molecule has 2 aromatic rings. The maximum Gasteiger partial charge on any atom is 0.255 e. The monoisotopic (exact) mass is 354 g/mol. The van der Waals surface area contributed by atoms with Crippen LogP contribution in [0, 0.1) is 5.82 Å². The molecular weight excluding hydrogens is 331 g/mol. The Kier molecular flexibility index (Phi) is 4.84. The summed E-state index contributed by atoms with van der Waals surface area (Å²) in [4.78, 5) is 19.6. The van der Waals surface area contributed by atoms with Gasteiger partial charge >= 0.3 is 0 Å². The lowest BCUT2D eigenvalue weighted by atomic mass is 9.99. The first kappa shape index (κ1) is 17.0. The van der Waals surface area contributed by atoms with Crippen LogP contribution in [0.3, 0.4) is 0 Å². The summed E-state index contributed by atoms with van der Waals surface area (Å²) >= 11 is 0. The van der Waals surface area contributed by atoms with E-state index in [0.717, 1.165) is 25.9 Å². The molecule has 1 amide bonds. The molecule has 6 heteroatoms. The summed E-state index contributed by atoms with van der Waals surface area (Å²) in [6.07, 6.45) is 6.18. The molecule has 0 radical (unpaired) electrons. The molecule has 2 fully saturated rings. The fourth-order valence-corrected chi connectivity index (χ4v) is 4.04. The van der Waals surface area contributed by atoms with Crippen molar-refractivity contribution in [3.05, 3.63) is 54.0 Å². The maximum atomic E-state index is 13.9. The topological polar surface area (TPSA) is 57.3 Å². The predicted octanol–water partition coefficient (Wildman–Crippen LogP) is 3.32. The molecular formula is C20H23FN4O. The summed E-state index contributed by atoms with van der Waals surface area (Å²) in [7, 11) is 0. The maximum absolute atomic E-state index is 13.9. The van der Waals surface area contributed by atoms with Crippen LogP contribution in [0.2, 0.25) is 0 Å². The predicted molar refractivity (Wildman–Crippen MR) is 99.0 cm³/mol. The zero-order valence-corrected chi connectivity index (χ0v) is 14.6. The van der Waals surface area contributed by atoms with Gasteiger partial charge in [-0.1, -0.05) is 18.6 Å². The number of nitrogens with zero attached hydrogens (tertiary/aromatic N) is 2. The number of benzene rings is 1. The van der Waals surface area contributed by atoms with Crippen LogP contribution in [-0.4, -0.2) is 41.0 Å². The normalized spacial score (nSPS) is 22.7. The van der Waals surface area contributed by atoms with Gasteiger partial charge in [-0.25, -0.2) is 9.37 Å². The number of pyridine rings is 1. The minimum absolute atomic E-state index is 0.158. The Morgan fingerprint density at radius 3 is 2.88 bits per heavy atom. The van der Waals surface area contributed by atoms with Crippen LogP contribution in [0.1, 0.15) is 36.0 Å². The lowest BCUT2D eigenvalue weighted by molar-refractivity contribution is 0.0916. The molecule has 1 aromatic heterocycles. The second-order valence-electron chi connectivity index (χ2n) is 6.97. The van der Waals surface area contributed by atoms with Crippen molar-refractivity contribution in [1.82, 2.24) is 15.2 Å². The Bertz CT molecular complexity index is 797. The SMILES string of the molecule is O=C(N[C@H]1CCN2CCCC[C@@H]12)c1cccnc1Nc1ccccc1F. The fourth-order valence-electron chi connectivity index (χ4n) is 4.04. The van der Waals surface area contributed by atoms with Gasteiger partial charge in [0.15, 0.2) is 0 Å². The van der Waals surface area contributed by atoms with Crippen LogP contribution < -0.4 is 10.6 Å². The third-order valence-electron chi connectivity index (χ3n) is 5.35. The van der Waals surface area contributed by atoms with Gasteiger partial charge in [-0.2, -0.15) is 0 Å². The number of carbonyl (C=O) groups is 1. The Morgan fingerprint density at radius 1 is 1.12 bits per heavy atom.